The summed E-state index contributed by atoms with van der Waals surface area (Å²) in [5, 5.41) is 3.08. The van der Waals surface area contributed by atoms with Gasteiger partial charge in [-0.15, -0.1) is 12.4 Å². The van der Waals surface area contributed by atoms with Gasteiger partial charge < -0.3 is 10.1 Å². The standard InChI is InChI=1S/C15H19ClF4N2O.ClH/c1-2-23-14-11(16)7-10(8-12(14)17)13(9-15(18,19)20)22-5-3-21-4-6-22;/h7-8,13,21H,2-6,9H2,1H3;1H/t13-;/m0./s1. The molecule has 24 heavy (non-hydrogen) atoms. The van der Waals surface area contributed by atoms with E-state index in [9.17, 15) is 17.6 Å². The van der Waals surface area contributed by atoms with Crippen LogP contribution in [0.5, 0.6) is 5.75 Å². The van der Waals surface area contributed by atoms with Gasteiger partial charge in [-0.3, -0.25) is 4.90 Å². The molecule has 0 bridgehead atoms. The smallest absolute Gasteiger partial charge is 0.390 e. The molecule has 1 aromatic carbocycles. The number of hydrogen-bond acceptors (Lipinski definition) is 3. The molecular formula is C15H20Cl2F4N2O. The van der Waals surface area contributed by atoms with Gasteiger partial charge in [-0.05, 0) is 24.6 Å². The number of halogens is 6. The van der Waals surface area contributed by atoms with Crippen molar-refractivity contribution < 1.29 is 22.3 Å². The Labute approximate surface area is 149 Å². The summed E-state index contributed by atoms with van der Waals surface area (Å²) in [5.74, 6) is -0.861. The molecule has 0 spiro atoms. The predicted molar refractivity (Wildman–Crippen MR) is 87.7 cm³/mol. The highest BCUT2D eigenvalue weighted by Gasteiger charge is 2.36. The number of benzene rings is 1. The first-order valence-electron chi connectivity index (χ1n) is 7.45. The number of alkyl halides is 3. The van der Waals surface area contributed by atoms with Gasteiger partial charge in [0.1, 0.15) is 0 Å². The molecular weight excluding hydrogens is 371 g/mol. The minimum Gasteiger partial charge on any atom is -0.489 e. The molecule has 0 aromatic heterocycles. The molecule has 0 radical (unpaired) electrons. The lowest BCUT2D eigenvalue weighted by Crippen LogP contribution is -2.46. The molecule has 1 heterocycles. The maximum absolute atomic E-state index is 14.1. The molecule has 1 aliphatic heterocycles. The first-order valence-corrected chi connectivity index (χ1v) is 7.83. The average molecular weight is 391 g/mol. The molecule has 3 nitrogen and oxygen atoms in total. The van der Waals surface area contributed by atoms with E-state index >= 15 is 0 Å². The zero-order valence-corrected chi connectivity index (χ0v) is 14.7. The van der Waals surface area contributed by atoms with Crippen LogP contribution in [-0.4, -0.2) is 43.9 Å². The summed E-state index contributed by atoms with van der Waals surface area (Å²) in [6, 6.07) is 1.50. The zero-order chi connectivity index (χ0) is 17.0. The van der Waals surface area contributed by atoms with Gasteiger partial charge in [-0.1, -0.05) is 11.6 Å². The van der Waals surface area contributed by atoms with Crippen LogP contribution < -0.4 is 10.1 Å². The van der Waals surface area contributed by atoms with Crippen LogP contribution in [-0.2, 0) is 0 Å². The fraction of sp³-hybridized carbons (Fsp3) is 0.600. The van der Waals surface area contributed by atoms with Gasteiger partial charge in [0, 0.05) is 32.2 Å². The van der Waals surface area contributed by atoms with Crippen molar-refractivity contribution in [1.29, 1.82) is 0 Å². The highest BCUT2D eigenvalue weighted by molar-refractivity contribution is 6.32. The summed E-state index contributed by atoms with van der Waals surface area (Å²) in [6.07, 6.45) is -5.40. The van der Waals surface area contributed by atoms with Crippen molar-refractivity contribution in [2.45, 2.75) is 25.6 Å². The van der Waals surface area contributed by atoms with E-state index < -0.39 is 24.5 Å². The Morgan fingerprint density at radius 3 is 2.42 bits per heavy atom. The molecule has 0 saturated carbocycles. The van der Waals surface area contributed by atoms with Crippen molar-refractivity contribution in [3.05, 3.63) is 28.5 Å². The van der Waals surface area contributed by atoms with Crippen molar-refractivity contribution >= 4 is 24.0 Å². The lowest BCUT2D eigenvalue weighted by Gasteiger charge is -2.35. The third kappa shape index (κ3) is 5.65. The fourth-order valence-electron chi connectivity index (χ4n) is 2.72. The van der Waals surface area contributed by atoms with Gasteiger partial charge >= 0.3 is 6.18 Å². The summed E-state index contributed by atoms with van der Waals surface area (Å²) >= 11 is 5.99. The summed E-state index contributed by atoms with van der Waals surface area (Å²) in [6.45, 7) is 4.03. The maximum atomic E-state index is 14.1. The number of piperazine rings is 1. The Hall–Kier alpha value is -0.760. The van der Waals surface area contributed by atoms with E-state index in [1.165, 1.54) is 6.07 Å². The molecule has 0 unspecified atom stereocenters. The predicted octanol–water partition coefficient (Wildman–Crippen LogP) is 4.20. The van der Waals surface area contributed by atoms with Gasteiger partial charge in [0.2, 0.25) is 0 Å². The molecule has 9 heteroatoms. The number of rotatable bonds is 5. The SMILES string of the molecule is CCOc1c(F)cc([C@H](CC(F)(F)F)N2CCNCC2)cc1Cl.Cl. The maximum Gasteiger partial charge on any atom is 0.390 e. The average Bonchev–Trinajstić information content (AvgIpc) is 2.48. The van der Waals surface area contributed by atoms with Crippen LogP contribution in [0.2, 0.25) is 5.02 Å². The largest absolute Gasteiger partial charge is 0.489 e. The molecule has 0 aliphatic carbocycles. The van der Waals surface area contributed by atoms with Crippen LogP contribution in [0.4, 0.5) is 17.6 Å². The first kappa shape index (κ1) is 21.3. The quantitative estimate of drug-likeness (QED) is 0.762. The van der Waals surface area contributed by atoms with Gasteiger partial charge in [-0.25, -0.2) is 4.39 Å². The first-order chi connectivity index (χ1) is 10.8. The van der Waals surface area contributed by atoms with E-state index in [4.69, 9.17) is 16.3 Å². The minimum atomic E-state index is -4.35. The lowest BCUT2D eigenvalue weighted by molar-refractivity contribution is -0.148. The Morgan fingerprint density at radius 1 is 1.29 bits per heavy atom. The topological polar surface area (TPSA) is 24.5 Å². The molecule has 1 saturated heterocycles. The third-order valence-electron chi connectivity index (χ3n) is 3.71. The van der Waals surface area contributed by atoms with Crippen LogP contribution in [0.25, 0.3) is 0 Å². The van der Waals surface area contributed by atoms with E-state index in [1.54, 1.807) is 11.8 Å². The molecule has 1 aliphatic rings. The van der Waals surface area contributed by atoms with Crippen molar-refractivity contribution in [3.8, 4) is 5.75 Å². The molecule has 1 atom stereocenters. The van der Waals surface area contributed by atoms with E-state index in [1.807, 2.05) is 0 Å². The van der Waals surface area contributed by atoms with Gasteiger partial charge in [0.15, 0.2) is 11.6 Å². The van der Waals surface area contributed by atoms with Crippen LogP contribution >= 0.6 is 24.0 Å². The highest BCUT2D eigenvalue weighted by atomic mass is 35.5. The van der Waals surface area contributed by atoms with E-state index in [-0.39, 0.29) is 35.3 Å². The summed E-state index contributed by atoms with van der Waals surface area (Å²) in [5.41, 5.74) is 0.218. The molecule has 1 fully saturated rings. The number of hydrogen-bond donors (Lipinski definition) is 1. The number of nitrogens with zero attached hydrogens (tertiary/aromatic N) is 1. The fourth-order valence-corrected chi connectivity index (χ4v) is 3.00. The number of ether oxygens (including phenoxy) is 1. The van der Waals surface area contributed by atoms with Crippen molar-refractivity contribution in [2.24, 2.45) is 0 Å². The number of nitrogens with one attached hydrogen (secondary N) is 1. The van der Waals surface area contributed by atoms with E-state index in [0.717, 1.165) is 6.07 Å². The summed E-state index contributed by atoms with van der Waals surface area (Å²) < 4.78 is 58.1. The molecule has 1 aromatic rings. The minimum absolute atomic E-state index is 0. The van der Waals surface area contributed by atoms with Crippen LogP contribution in [0, 0.1) is 5.82 Å². The Kier molecular flexibility index (Phi) is 8.05. The van der Waals surface area contributed by atoms with Crippen molar-refractivity contribution in [3.63, 3.8) is 0 Å². The Balaban J connectivity index is 0.00000288. The summed E-state index contributed by atoms with van der Waals surface area (Å²) in [4.78, 5) is 1.70. The molecule has 1 N–H and O–H groups in total. The normalized spacial score (nSPS) is 17.2. The monoisotopic (exact) mass is 390 g/mol. The lowest BCUT2D eigenvalue weighted by atomic mass is 10.0. The van der Waals surface area contributed by atoms with Gasteiger partial charge in [0.25, 0.3) is 0 Å². The van der Waals surface area contributed by atoms with E-state index in [2.05, 4.69) is 5.32 Å². The Bertz CT molecular complexity index is 514. The third-order valence-corrected chi connectivity index (χ3v) is 3.99. The molecule has 0 amide bonds. The van der Waals surface area contributed by atoms with Crippen LogP contribution in [0.15, 0.2) is 12.1 Å². The van der Waals surface area contributed by atoms with Gasteiger partial charge in [0.05, 0.1) is 18.1 Å². The van der Waals surface area contributed by atoms with Crippen molar-refractivity contribution in [2.75, 3.05) is 32.8 Å². The van der Waals surface area contributed by atoms with Gasteiger partial charge in [-0.2, -0.15) is 13.2 Å². The van der Waals surface area contributed by atoms with Crippen LogP contribution in [0.1, 0.15) is 24.9 Å². The zero-order valence-electron chi connectivity index (χ0n) is 13.1. The second-order valence-electron chi connectivity index (χ2n) is 5.37. The molecule has 2 rings (SSSR count). The second-order valence-corrected chi connectivity index (χ2v) is 5.77. The highest BCUT2D eigenvalue weighted by Crippen LogP contribution is 2.38. The van der Waals surface area contributed by atoms with Crippen LogP contribution in [0.3, 0.4) is 0 Å². The van der Waals surface area contributed by atoms with Crippen molar-refractivity contribution in [1.82, 2.24) is 10.2 Å². The summed E-state index contributed by atoms with van der Waals surface area (Å²) in [7, 11) is 0. The Morgan fingerprint density at radius 2 is 1.92 bits per heavy atom. The molecule has 138 valence electrons. The second kappa shape index (κ2) is 9.08. The van der Waals surface area contributed by atoms with E-state index in [0.29, 0.717) is 26.2 Å².